The molecule has 2 unspecified atom stereocenters. The van der Waals surface area contributed by atoms with Gasteiger partial charge in [0, 0.05) is 6.61 Å². The summed E-state index contributed by atoms with van der Waals surface area (Å²) in [5.74, 6) is -0.191. The second-order valence-corrected chi connectivity index (χ2v) is 5.49. The molecule has 0 saturated carbocycles. The van der Waals surface area contributed by atoms with Gasteiger partial charge in [0.15, 0.2) is 0 Å². The lowest BCUT2D eigenvalue weighted by Gasteiger charge is -2.38. The maximum Gasteiger partial charge on any atom is 0.123 e. The molecular weight excluding hydrogens is 253 g/mol. The van der Waals surface area contributed by atoms with E-state index in [4.69, 9.17) is 4.74 Å². The fraction of sp³-hybridized carbons (Fsp3) is 0.647. The van der Waals surface area contributed by atoms with E-state index in [1.165, 1.54) is 6.07 Å². The number of nitrogens with one attached hydrogen (secondary N) is 1. The number of hydrogen-bond donors (Lipinski definition) is 1. The minimum absolute atomic E-state index is 0.00287. The van der Waals surface area contributed by atoms with Crippen molar-refractivity contribution in [2.45, 2.75) is 59.1 Å². The Morgan fingerprint density at radius 3 is 2.55 bits per heavy atom. The first-order chi connectivity index (χ1) is 9.48. The predicted octanol–water partition coefficient (Wildman–Crippen LogP) is 4.38. The largest absolute Gasteiger partial charge is 0.374 e. The lowest BCUT2D eigenvalue weighted by atomic mass is 9.85. The van der Waals surface area contributed by atoms with E-state index in [-0.39, 0.29) is 17.5 Å². The summed E-state index contributed by atoms with van der Waals surface area (Å²) < 4.78 is 19.6. The van der Waals surface area contributed by atoms with Crippen molar-refractivity contribution in [1.82, 2.24) is 5.32 Å². The number of hydrogen-bond acceptors (Lipinski definition) is 2. The molecule has 0 heterocycles. The first kappa shape index (κ1) is 17.1. The summed E-state index contributed by atoms with van der Waals surface area (Å²) in [5, 5.41) is 3.54. The summed E-state index contributed by atoms with van der Waals surface area (Å²) in [6.07, 6.45) is 1.91. The molecule has 0 aliphatic carbocycles. The first-order valence-corrected chi connectivity index (χ1v) is 7.61. The van der Waals surface area contributed by atoms with Crippen molar-refractivity contribution in [3.63, 3.8) is 0 Å². The molecule has 1 aromatic carbocycles. The summed E-state index contributed by atoms with van der Waals surface area (Å²) in [4.78, 5) is 0. The highest BCUT2D eigenvalue weighted by atomic mass is 19.1. The summed E-state index contributed by atoms with van der Waals surface area (Å²) in [5.41, 5.74) is 1.76. The maximum absolute atomic E-state index is 13.6. The molecule has 0 radical (unpaired) electrons. The molecule has 1 rings (SSSR count). The zero-order valence-electron chi connectivity index (χ0n) is 13.4. The van der Waals surface area contributed by atoms with Crippen LogP contribution in [-0.2, 0) is 4.74 Å². The van der Waals surface area contributed by atoms with Gasteiger partial charge in [-0.3, -0.25) is 0 Å². The van der Waals surface area contributed by atoms with Gasteiger partial charge in [-0.2, -0.15) is 0 Å². The van der Waals surface area contributed by atoms with Gasteiger partial charge in [0.1, 0.15) is 5.82 Å². The third kappa shape index (κ3) is 4.03. The molecule has 3 heteroatoms. The molecule has 0 aromatic heterocycles. The van der Waals surface area contributed by atoms with E-state index in [1.54, 1.807) is 6.07 Å². The summed E-state index contributed by atoms with van der Waals surface area (Å²) in [6, 6.07) is 4.99. The second kappa shape index (κ2) is 7.75. The van der Waals surface area contributed by atoms with Gasteiger partial charge in [-0.1, -0.05) is 19.9 Å². The van der Waals surface area contributed by atoms with Crippen LogP contribution in [0, 0.1) is 12.7 Å². The third-order valence-electron chi connectivity index (χ3n) is 3.94. The Kier molecular flexibility index (Phi) is 6.63. The van der Waals surface area contributed by atoms with E-state index in [0.717, 1.165) is 30.5 Å². The zero-order chi connectivity index (χ0) is 15.2. The molecule has 1 aromatic rings. The highest BCUT2D eigenvalue weighted by molar-refractivity contribution is 5.31. The van der Waals surface area contributed by atoms with Gasteiger partial charge in [0.25, 0.3) is 0 Å². The summed E-state index contributed by atoms with van der Waals surface area (Å²) in [7, 11) is 0. The molecule has 20 heavy (non-hydrogen) atoms. The Bertz CT molecular complexity index is 421. The van der Waals surface area contributed by atoms with Crippen molar-refractivity contribution in [1.29, 1.82) is 0 Å². The Morgan fingerprint density at radius 1 is 1.30 bits per heavy atom. The van der Waals surface area contributed by atoms with E-state index >= 15 is 0 Å². The van der Waals surface area contributed by atoms with Crippen LogP contribution >= 0.6 is 0 Å². The molecule has 114 valence electrons. The average molecular weight is 281 g/mol. The molecule has 0 spiro atoms. The van der Waals surface area contributed by atoms with Crippen LogP contribution in [0.2, 0.25) is 0 Å². The Balaban J connectivity index is 3.19. The van der Waals surface area contributed by atoms with Crippen LogP contribution in [0.25, 0.3) is 0 Å². The van der Waals surface area contributed by atoms with E-state index in [0.29, 0.717) is 6.61 Å². The third-order valence-corrected chi connectivity index (χ3v) is 3.94. The average Bonchev–Trinajstić information content (AvgIpc) is 2.43. The fourth-order valence-corrected chi connectivity index (χ4v) is 2.59. The quantitative estimate of drug-likeness (QED) is 0.763. The monoisotopic (exact) mass is 281 g/mol. The van der Waals surface area contributed by atoms with Gasteiger partial charge in [-0.15, -0.1) is 0 Å². The zero-order valence-corrected chi connectivity index (χ0v) is 13.4. The predicted molar refractivity (Wildman–Crippen MR) is 82.5 cm³/mol. The number of rotatable bonds is 8. The van der Waals surface area contributed by atoms with E-state index in [1.807, 2.05) is 19.9 Å². The van der Waals surface area contributed by atoms with Crippen LogP contribution in [0.15, 0.2) is 18.2 Å². The molecule has 0 aliphatic rings. The van der Waals surface area contributed by atoms with Crippen LogP contribution in [-0.4, -0.2) is 18.8 Å². The molecule has 1 N–H and O–H groups in total. The van der Waals surface area contributed by atoms with E-state index in [2.05, 4.69) is 26.1 Å². The normalized spacial score (nSPS) is 15.9. The van der Waals surface area contributed by atoms with Crippen molar-refractivity contribution in [2.75, 3.05) is 13.2 Å². The number of aryl methyl sites for hydroxylation is 1. The highest BCUT2D eigenvalue weighted by Gasteiger charge is 2.35. The molecular formula is C17H28FNO. The van der Waals surface area contributed by atoms with Crippen molar-refractivity contribution < 1.29 is 9.13 Å². The van der Waals surface area contributed by atoms with Crippen LogP contribution in [0.4, 0.5) is 4.39 Å². The molecule has 2 nitrogen and oxygen atoms in total. The molecule has 0 bridgehead atoms. The fourth-order valence-electron chi connectivity index (χ4n) is 2.59. The van der Waals surface area contributed by atoms with Crippen LogP contribution in [0.1, 0.15) is 57.7 Å². The van der Waals surface area contributed by atoms with Crippen molar-refractivity contribution in [2.24, 2.45) is 0 Å². The number of halogens is 1. The summed E-state index contributed by atoms with van der Waals surface area (Å²) >= 11 is 0. The molecule has 0 saturated heterocycles. The Morgan fingerprint density at radius 2 is 2.00 bits per heavy atom. The van der Waals surface area contributed by atoms with Crippen LogP contribution in [0.5, 0.6) is 0 Å². The van der Waals surface area contributed by atoms with Crippen molar-refractivity contribution >= 4 is 0 Å². The van der Waals surface area contributed by atoms with Gasteiger partial charge in [0.05, 0.1) is 11.6 Å². The first-order valence-electron chi connectivity index (χ1n) is 7.61. The molecule has 2 atom stereocenters. The van der Waals surface area contributed by atoms with E-state index < -0.39 is 0 Å². The van der Waals surface area contributed by atoms with Gasteiger partial charge in [0.2, 0.25) is 0 Å². The summed E-state index contributed by atoms with van der Waals surface area (Å²) in [6.45, 7) is 11.9. The minimum Gasteiger partial charge on any atom is -0.374 e. The lowest BCUT2D eigenvalue weighted by molar-refractivity contribution is -0.0564. The SMILES string of the molecule is CCCNC(c1cc(F)ccc1C)C(C)(CC)OCC. The van der Waals surface area contributed by atoms with Gasteiger partial charge in [-0.05, 0) is 63.4 Å². The smallest absolute Gasteiger partial charge is 0.123 e. The standard InChI is InChI=1S/C17H28FNO/c1-6-11-19-16(17(5,7-2)20-8-3)15-12-14(18)10-9-13(15)4/h9-10,12,16,19H,6-8,11H2,1-5H3. The van der Waals surface area contributed by atoms with Gasteiger partial charge in [-0.25, -0.2) is 4.39 Å². The highest BCUT2D eigenvalue weighted by Crippen LogP contribution is 2.34. The second-order valence-electron chi connectivity index (χ2n) is 5.49. The van der Waals surface area contributed by atoms with Crippen LogP contribution < -0.4 is 5.32 Å². The van der Waals surface area contributed by atoms with Crippen LogP contribution in [0.3, 0.4) is 0 Å². The van der Waals surface area contributed by atoms with E-state index in [9.17, 15) is 4.39 Å². The minimum atomic E-state index is -0.331. The maximum atomic E-state index is 13.6. The molecule has 0 amide bonds. The lowest BCUT2D eigenvalue weighted by Crippen LogP contribution is -2.44. The number of benzene rings is 1. The topological polar surface area (TPSA) is 21.3 Å². The van der Waals surface area contributed by atoms with Crippen molar-refractivity contribution in [3.8, 4) is 0 Å². The Hall–Kier alpha value is -0.930. The van der Waals surface area contributed by atoms with Gasteiger partial charge < -0.3 is 10.1 Å². The number of ether oxygens (including phenoxy) is 1. The Labute approximate surface area is 122 Å². The molecule has 0 aliphatic heterocycles. The molecule has 0 fully saturated rings. The van der Waals surface area contributed by atoms with Crippen molar-refractivity contribution in [3.05, 3.63) is 35.1 Å². The van der Waals surface area contributed by atoms with Gasteiger partial charge >= 0.3 is 0 Å².